The maximum atomic E-state index is 8.99. The van der Waals surface area contributed by atoms with Gasteiger partial charge in [-0.1, -0.05) is 48.5 Å². The van der Waals surface area contributed by atoms with E-state index < -0.39 is 0 Å². The number of nitriles is 1. The summed E-state index contributed by atoms with van der Waals surface area (Å²) in [4.78, 5) is 2.45. The topological polar surface area (TPSA) is 27.0 Å². The number of rotatable bonds is 3. The summed E-state index contributed by atoms with van der Waals surface area (Å²) in [7, 11) is 0. The molecule has 1 aliphatic rings. The summed E-state index contributed by atoms with van der Waals surface area (Å²) in [6, 6.07) is 20.7. The Bertz CT molecular complexity index is 680. The minimum atomic E-state index is 0.736. The minimum absolute atomic E-state index is 0.736. The van der Waals surface area contributed by atoms with Crippen LogP contribution in [0, 0.1) is 11.3 Å². The summed E-state index contributed by atoms with van der Waals surface area (Å²) in [5.41, 5.74) is 4.64. The van der Waals surface area contributed by atoms with E-state index >= 15 is 0 Å². The van der Waals surface area contributed by atoms with Gasteiger partial charge in [-0.15, -0.1) is 0 Å². The molecule has 0 atom stereocenters. The lowest BCUT2D eigenvalue weighted by Crippen LogP contribution is -2.27. The molecular weight excluding hydrogens is 256 g/mol. The largest absolute Gasteiger partial charge is 0.295 e. The predicted molar refractivity (Wildman–Crippen MR) is 85.5 cm³/mol. The van der Waals surface area contributed by atoms with E-state index in [0.717, 1.165) is 31.6 Å². The molecule has 0 bridgehead atoms. The second-order valence-corrected chi connectivity index (χ2v) is 5.39. The van der Waals surface area contributed by atoms with Gasteiger partial charge in [0.15, 0.2) is 0 Å². The number of hydrogen-bond donors (Lipinski definition) is 0. The minimum Gasteiger partial charge on any atom is -0.295 e. The molecule has 0 aliphatic carbocycles. The molecule has 2 heteroatoms. The average molecular weight is 274 g/mol. The fourth-order valence-electron chi connectivity index (χ4n) is 2.75. The lowest BCUT2D eigenvalue weighted by Gasteiger charge is -2.26. The van der Waals surface area contributed by atoms with Crippen LogP contribution in [0.2, 0.25) is 0 Å². The zero-order chi connectivity index (χ0) is 14.5. The monoisotopic (exact) mass is 274 g/mol. The van der Waals surface area contributed by atoms with Crippen LogP contribution in [0.1, 0.15) is 23.1 Å². The van der Waals surface area contributed by atoms with E-state index in [1.165, 1.54) is 16.7 Å². The average Bonchev–Trinajstić information content (AvgIpc) is 2.56. The van der Waals surface area contributed by atoms with Gasteiger partial charge in [0.1, 0.15) is 0 Å². The third-order valence-corrected chi connectivity index (χ3v) is 3.90. The lowest BCUT2D eigenvalue weighted by molar-refractivity contribution is 0.294. The lowest BCUT2D eigenvalue weighted by atomic mass is 9.98. The molecular formula is C19H18N2. The second-order valence-electron chi connectivity index (χ2n) is 5.39. The number of nitrogens with zero attached hydrogens (tertiary/aromatic N) is 2. The van der Waals surface area contributed by atoms with E-state index in [1.54, 1.807) is 0 Å². The summed E-state index contributed by atoms with van der Waals surface area (Å²) < 4.78 is 0. The highest BCUT2D eigenvalue weighted by atomic mass is 15.1. The van der Waals surface area contributed by atoms with Crippen LogP contribution in [0.15, 0.2) is 60.7 Å². The second kappa shape index (κ2) is 6.39. The van der Waals surface area contributed by atoms with Crippen LogP contribution in [-0.2, 0) is 6.54 Å². The molecule has 1 heterocycles. The van der Waals surface area contributed by atoms with E-state index in [0.29, 0.717) is 0 Å². The Morgan fingerprint density at radius 2 is 1.90 bits per heavy atom. The zero-order valence-corrected chi connectivity index (χ0v) is 12.0. The standard InChI is InChI=1S/C19H18N2/c20-14-17-7-4-8-19(13-17)18-9-11-21(12-10-18)15-16-5-2-1-3-6-16/h1-9,13H,10-12,15H2. The highest BCUT2D eigenvalue weighted by Gasteiger charge is 2.13. The van der Waals surface area contributed by atoms with Crippen molar-refractivity contribution in [2.75, 3.05) is 13.1 Å². The van der Waals surface area contributed by atoms with Gasteiger partial charge in [-0.25, -0.2) is 0 Å². The maximum Gasteiger partial charge on any atom is 0.0991 e. The Morgan fingerprint density at radius 3 is 2.62 bits per heavy atom. The van der Waals surface area contributed by atoms with Crippen LogP contribution in [0.5, 0.6) is 0 Å². The first-order chi connectivity index (χ1) is 10.3. The van der Waals surface area contributed by atoms with Crippen molar-refractivity contribution >= 4 is 5.57 Å². The maximum absolute atomic E-state index is 8.99. The highest BCUT2D eigenvalue weighted by molar-refractivity contribution is 5.67. The van der Waals surface area contributed by atoms with Crippen molar-refractivity contribution in [2.24, 2.45) is 0 Å². The van der Waals surface area contributed by atoms with E-state index in [9.17, 15) is 0 Å². The summed E-state index contributed by atoms with van der Waals surface area (Å²) in [6.07, 6.45) is 3.34. The fourth-order valence-corrected chi connectivity index (χ4v) is 2.75. The van der Waals surface area contributed by atoms with Gasteiger partial charge in [-0.3, -0.25) is 4.90 Å². The molecule has 0 amide bonds. The van der Waals surface area contributed by atoms with Crippen molar-refractivity contribution in [3.8, 4) is 6.07 Å². The molecule has 0 aromatic heterocycles. The first kappa shape index (κ1) is 13.6. The molecule has 2 nitrogen and oxygen atoms in total. The van der Waals surface area contributed by atoms with Gasteiger partial charge < -0.3 is 0 Å². The summed E-state index contributed by atoms with van der Waals surface area (Å²) in [6.45, 7) is 3.04. The summed E-state index contributed by atoms with van der Waals surface area (Å²) >= 11 is 0. The molecule has 0 radical (unpaired) electrons. The van der Waals surface area contributed by atoms with Crippen molar-refractivity contribution in [1.82, 2.24) is 4.90 Å². The summed E-state index contributed by atoms with van der Waals surface area (Å²) in [5.74, 6) is 0. The van der Waals surface area contributed by atoms with Gasteiger partial charge >= 0.3 is 0 Å². The van der Waals surface area contributed by atoms with Gasteiger partial charge in [0.25, 0.3) is 0 Å². The van der Waals surface area contributed by atoms with Crippen LogP contribution in [0.25, 0.3) is 5.57 Å². The quantitative estimate of drug-likeness (QED) is 0.850. The van der Waals surface area contributed by atoms with Gasteiger partial charge in [0.2, 0.25) is 0 Å². The molecule has 3 rings (SSSR count). The molecule has 0 saturated heterocycles. The smallest absolute Gasteiger partial charge is 0.0991 e. The highest BCUT2D eigenvalue weighted by Crippen LogP contribution is 2.23. The SMILES string of the molecule is N#Cc1cccc(C2=CCN(Cc3ccccc3)CC2)c1. The van der Waals surface area contributed by atoms with Crippen LogP contribution in [0.4, 0.5) is 0 Å². The normalized spacial score (nSPS) is 15.3. The molecule has 2 aromatic rings. The van der Waals surface area contributed by atoms with Gasteiger partial charge in [0.05, 0.1) is 11.6 Å². The van der Waals surface area contributed by atoms with Gasteiger partial charge in [-0.2, -0.15) is 5.26 Å². The van der Waals surface area contributed by atoms with Gasteiger partial charge in [0, 0.05) is 19.6 Å². The molecule has 2 aromatic carbocycles. The van der Waals surface area contributed by atoms with Crippen molar-refractivity contribution in [1.29, 1.82) is 5.26 Å². The fraction of sp³-hybridized carbons (Fsp3) is 0.211. The number of benzene rings is 2. The molecule has 104 valence electrons. The third-order valence-electron chi connectivity index (χ3n) is 3.90. The number of hydrogen-bond acceptors (Lipinski definition) is 2. The molecule has 1 aliphatic heterocycles. The van der Waals surface area contributed by atoms with Crippen molar-refractivity contribution < 1.29 is 0 Å². The first-order valence-corrected chi connectivity index (χ1v) is 7.31. The molecule has 0 unspecified atom stereocenters. The zero-order valence-electron chi connectivity index (χ0n) is 12.0. The Hall–Kier alpha value is -2.37. The van der Waals surface area contributed by atoms with E-state index in [2.05, 4.69) is 53.4 Å². The van der Waals surface area contributed by atoms with Crippen molar-refractivity contribution in [3.63, 3.8) is 0 Å². The Kier molecular flexibility index (Phi) is 4.14. The third kappa shape index (κ3) is 3.39. The van der Waals surface area contributed by atoms with E-state index in [1.807, 2.05) is 18.2 Å². The molecule has 0 saturated carbocycles. The van der Waals surface area contributed by atoms with Crippen LogP contribution >= 0.6 is 0 Å². The van der Waals surface area contributed by atoms with Crippen LogP contribution < -0.4 is 0 Å². The summed E-state index contributed by atoms with van der Waals surface area (Å²) in [5, 5.41) is 8.99. The Balaban J connectivity index is 1.68. The first-order valence-electron chi connectivity index (χ1n) is 7.31. The van der Waals surface area contributed by atoms with Gasteiger partial charge in [-0.05, 0) is 35.3 Å². The molecule has 0 N–H and O–H groups in total. The van der Waals surface area contributed by atoms with Crippen LogP contribution in [-0.4, -0.2) is 18.0 Å². The van der Waals surface area contributed by atoms with E-state index in [4.69, 9.17) is 5.26 Å². The van der Waals surface area contributed by atoms with Crippen molar-refractivity contribution in [2.45, 2.75) is 13.0 Å². The Labute approximate surface area is 126 Å². The van der Waals surface area contributed by atoms with Crippen LogP contribution in [0.3, 0.4) is 0 Å². The molecule has 21 heavy (non-hydrogen) atoms. The van der Waals surface area contributed by atoms with Crippen molar-refractivity contribution in [3.05, 3.63) is 77.4 Å². The Morgan fingerprint density at radius 1 is 1.05 bits per heavy atom. The van der Waals surface area contributed by atoms with E-state index in [-0.39, 0.29) is 0 Å². The molecule has 0 spiro atoms. The molecule has 0 fully saturated rings. The predicted octanol–water partition coefficient (Wildman–Crippen LogP) is 3.85.